The number of hydrogen-bond donors (Lipinski definition) is 2. The number of benzene rings is 1. The summed E-state index contributed by atoms with van der Waals surface area (Å²) in [5.41, 5.74) is 0.498. The standard InChI is InChI=1S/C15H22ClNO3/c1-15(2,3)8-11(16)9-17-14(19)10-5-6-13(20-4)12(18)7-10/h5-7,11,18H,8-9H2,1-4H3,(H,17,19). The van der Waals surface area contributed by atoms with Crippen LogP contribution in [0.25, 0.3) is 0 Å². The van der Waals surface area contributed by atoms with Crippen LogP contribution in [0.1, 0.15) is 37.6 Å². The molecule has 1 atom stereocenters. The highest BCUT2D eigenvalue weighted by Crippen LogP contribution is 2.26. The molecule has 0 aliphatic heterocycles. The summed E-state index contributed by atoms with van der Waals surface area (Å²) >= 11 is 6.19. The summed E-state index contributed by atoms with van der Waals surface area (Å²) in [4.78, 5) is 11.9. The lowest BCUT2D eigenvalue weighted by molar-refractivity contribution is 0.0951. The molecule has 4 nitrogen and oxygen atoms in total. The van der Waals surface area contributed by atoms with Crippen LogP contribution in [0.4, 0.5) is 0 Å². The first-order valence-electron chi connectivity index (χ1n) is 6.52. The molecule has 0 aliphatic carbocycles. The number of amides is 1. The van der Waals surface area contributed by atoms with Crippen molar-refractivity contribution in [2.45, 2.75) is 32.6 Å². The van der Waals surface area contributed by atoms with E-state index in [1.807, 2.05) is 0 Å². The summed E-state index contributed by atoms with van der Waals surface area (Å²) < 4.78 is 4.93. The number of nitrogens with one attached hydrogen (secondary N) is 1. The fourth-order valence-corrected chi connectivity index (χ4v) is 2.41. The molecule has 1 amide bonds. The van der Waals surface area contributed by atoms with Crippen LogP contribution in [-0.4, -0.2) is 30.0 Å². The second kappa shape index (κ2) is 6.84. The second-order valence-corrected chi connectivity index (χ2v) is 6.58. The zero-order valence-electron chi connectivity index (χ0n) is 12.4. The average molecular weight is 300 g/mol. The minimum atomic E-state index is -0.262. The number of ether oxygens (including phenoxy) is 1. The molecule has 112 valence electrons. The van der Waals surface area contributed by atoms with Crippen molar-refractivity contribution in [2.24, 2.45) is 5.41 Å². The van der Waals surface area contributed by atoms with Crippen LogP contribution < -0.4 is 10.1 Å². The maximum absolute atomic E-state index is 11.9. The third-order valence-corrected chi connectivity index (χ3v) is 3.07. The average Bonchev–Trinajstić information content (AvgIpc) is 2.33. The number of phenols is 1. The van der Waals surface area contributed by atoms with Crippen LogP contribution >= 0.6 is 11.6 Å². The molecule has 0 bridgehead atoms. The number of carbonyl (C=O) groups excluding carboxylic acids is 1. The Morgan fingerprint density at radius 1 is 1.45 bits per heavy atom. The molecule has 0 aliphatic rings. The number of rotatable bonds is 5. The molecule has 0 heterocycles. The zero-order chi connectivity index (χ0) is 15.3. The number of carbonyl (C=O) groups is 1. The molecule has 1 aromatic carbocycles. The minimum Gasteiger partial charge on any atom is -0.504 e. The molecule has 5 heteroatoms. The predicted octanol–water partition coefficient (Wildman–Crippen LogP) is 3.17. The molecule has 20 heavy (non-hydrogen) atoms. The summed E-state index contributed by atoms with van der Waals surface area (Å²) in [5.74, 6) is 0.0179. The number of aromatic hydroxyl groups is 1. The van der Waals surface area contributed by atoms with Crippen molar-refractivity contribution in [1.82, 2.24) is 5.32 Å². The summed E-state index contributed by atoms with van der Waals surface area (Å²) in [7, 11) is 1.46. The Hall–Kier alpha value is -1.42. The zero-order valence-corrected chi connectivity index (χ0v) is 13.1. The first-order chi connectivity index (χ1) is 9.23. The molecular weight excluding hydrogens is 278 g/mol. The Morgan fingerprint density at radius 3 is 2.60 bits per heavy atom. The van der Waals surface area contributed by atoms with Gasteiger partial charge in [-0.05, 0) is 30.0 Å². The number of halogens is 1. The molecule has 0 saturated carbocycles. The normalized spacial score (nSPS) is 12.8. The maximum atomic E-state index is 11.9. The van der Waals surface area contributed by atoms with Crippen molar-refractivity contribution in [3.63, 3.8) is 0 Å². The lowest BCUT2D eigenvalue weighted by Gasteiger charge is -2.22. The summed E-state index contributed by atoms with van der Waals surface area (Å²) in [6, 6.07) is 4.53. The number of methoxy groups -OCH3 is 1. The Kier molecular flexibility index (Phi) is 5.69. The van der Waals surface area contributed by atoms with E-state index >= 15 is 0 Å². The fraction of sp³-hybridized carbons (Fsp3) is 0.533. The molecule has 2 N–H and O–H groups in total. The van der Waals surface area contributed by atoms with Crippen LogP contribution in [0.3, 0.4) is 0 Å². The van der Waals surface area contributed by atoms with E-state index in [0.29, 0.717) is 17.9 Å². The van der Waals surface area contributed by atoms with E-state index in [0.717, 1.165) is 6.42 Å². The van der Waals surface area contributed by atoms with Crippen LogP contribution in [0, 0.1) is 5.41 Å². The van der Waals surface area contributed by atoms with E-state index in [9.17, 15) is 9.90 Å². The maximum Gasteiger partial charge on any atom is 0.251 e. The molecule has 1 unspecified atom stereocenters. The fourth-order valence-electron chi connectivity index (χ4n) is 1.87. The van der Waals surface area contributed by atoms with E-state index in [1.165, 1.54) is 13.2 Å². The van der Waals surface area contributed by atoms with Crippen LogP contribution in [-0.2, 0) is 0 Å². The van der Waals surface area contributed by atoms with E-state index in [2.05, 4.69) is 26.1 Å². The third-order valence-electron chi connectivity index (χ3n) is 2.76. The Bertz CT molecular complexity index is 469. The van der Waals surface area contributed by atoms with Crippen LogP contribution in [0.15, 0.2) is 18.2 Å². The largest absolute Gasteiger partial charge is 0.504 e. The topological polar surface area (TPSA) is 58.6 Å². The smallest absolute Gasteiger partial charge is 0.251 e. The van der Waals surface area contributed by atoms with Gasteiger partial charge in [-0.3, -0.25) is 4.79 Å². The van der Waals surface area contributed by atoms with Gasteiger partial charge >= 0.3 is 0 Å². The SMILES string of the molecule is COc1ccc(C(=O)NCC(Cl)CC(C)(C)C)cc1O. The Morgan fingerprint density at radius 2 is 2.10 bits per heavy atom. The van der Waals surface area contributed by atoms with Crippen molar-refractivity contribution >= 4 is 17.5 Å². The molecule has 0 radical (unpaired) electrons. The van der Waals surface area contributed by atoms with E-state index in [-0.39, 0.29) is 22.4 Å². The molecule has 0 spiro atoms. The molecule has 1 rings (SSSR count). The van der Waals surface area contributed by atoms with Crippen molar-refractivity contribution < 1.29 is 14.6 Å². The highest BCUT2D eigenvalue weighted by atomic mass is 35.5. The minimum absolute atomic E-state index is 0.0581. The van der Waals surface area contributed by atoms with E-state index in [1.54, 1.807) is 12.1 Å². The Labute approximate surface area is 125 Å². The van der Waals surface area contributed by atoms with Gasteiger partial charge in [-0.15, -0.1) is 11.6 Å². The lowest BCUT2D eigenvalue weighted by Crippen LogP contribution is -2.31. The van der Waals surface area contributed by atoms with Gasteiger partial charge in [0.1, 0.15) is 0 Å². The van der Waals surface area contributed by atoms with Crippen molar-refractivity contribution in [1.29, 1.82) is 0 Å². The second-order valence-electron chi connectivity index (χ2n) is 5.96. The van der Waals surface area contributed by atoms with Gasteiger partial charge in [-0.25, -0.2) is 0 Å². The van der Waals surface area contributed by atoms with E-state index < -0.39 is 0 Å². The number of phenolic OH excluding ortho intramolecular Hbond substituents is 1. The van der Waals surface area contributed by atoms with Crippen molar-refractivity contribution in [3.05, 3.63) is 23.8 Å². The monoisotopic (exact) mass is 299 g/mol. The summed E-state index contributed by atoms with van der Waals surface area (Å²) in [6.45, 7) is 6.70. The number of hydrogen-bond acceptors (Lipinski definition) is 3. The number of alkyl halides is 1. The van der Waals surface area contributed by atoms with Gasteiger partial charge in [-0.1, -0.05) is 20.8 Å². The van der Waals surface area contributed by atoms with E-state index in [4.69, 9.17) is 16.3 Å². The highest BCUT2D eigenvalue weighted by molar-refractivity contribution is 6.21. The van der Waals surface area contributed by atoms with Gasteiger partial charge < -0.3 is 15.2 Å². The molecular formula is C15H22ClNO3. The summed E-state index contributed by atoms with van der Waals surface area (Å²) in [6.07, 6.45) is 0.808. The van der Waals surface area contributed by atoms with Crippen LogP contribution in [0.5, 0.6) is 11.5 Å². The van der Waals surface area contributed by atoms with Gasteiger partial charge in [0.15, 0.2) is 11.5 Å². The molecule has 1 aromatic rings. The van der Waals surface area contributed by atoms with Gasteiger partial charge in [0, 0.05) is 12.1 Å². The molecule has 0 aromatic heterocycles. The predicted molar refractivity (Wildman–Crippen MR) is 80.7 cm³/mol. The van der Waals surface area contributed by atoms with Gasteiger partial charge in [0.2, 0.25) is 0 Å². The van der Waals surface area contributed by atoms with Gasteiger partial charge in [-0.2, -0.15) is 0 Å². The van der Waals surface area contributed by atoms with Gasteiger partial charge in [0.25, 0.3) is 5.91 Å². The lowest BCUT2D eigenvalue weighted by atomic mass is 9.90. The summed E-state index contributed by atoms with van der Waals surface area (Å²) in [5, 5.41) is 12.3. The Balaban J connectivity index is 2.57. The third kappa shape index (κ3) is 5.29. The molecule has 0 fully saturated rings. The first-order valence-corrected chi connectivity index (χ1v) is 6.96. The first kappa shape index (κ1) is 16.6. The van der Waals surface area contributed by atoms with Crippen molar-refractivity contribution in [3.8, 4) is 11.5 Å². The highest BCUT2D eigenvalue weighted by Gasteiger charge is 2.18. The van der Waals surface area contributed by atoms with Gasteiger partial charge in [0.05, 0.1) is 12.5 Å². The molecule has 0 saturated heterocycles. The van der Waals surface area contributed by atoms with Crippen molar-refractivity contribution in [2.75, 3.05) is 13.7 Å². The quantitative estimate of drug-likeness (QED) is 0.821. The van der Waals surface area contributed by atoms with Crippen LogP contribution in [0.2, 0.25) is 0 Å².